The van der Waals surface area contributed by atoms with Gasteiger partial charge in [-0.25, -0.2) is 4.39 Å². The standard InChI is InChI=1S/C31H25ClFN3O3S/c1-20(29(37)35-27-13-6-5-12-26(27)33)40-25-16-14-24(15-17-25)34-31(39)28(19-21-8-7-11-23(32)18-21)36-30(38)22-9-3-2-4-10-22/h2-20H,1H3,(H,34,39)(H,35,37)(H,36,38)/b28-19-. The normalized spacial score (nSPS) is 11.8. The molecule has 202 valence electrons. The fourth-order valence-corrected chi connectivity index (χ4v) is 4.64. The molecule has 3 N–H and O–H groups in total. The highest BCUT2D eigenvalue weighted by Crippen LogP contribution is 2.26. The summed E-state index contributed by atoms with van der Waals surface area (Å²) in [6, 6.07) is 28.4. The Morgan fingerprint density at radius 3 is 2.25 bits per heavy atom. The number of rotatable bonds is 9. The molecule has 0 saturated heterocycles. The number of carbonyl (C=O) groups excluding carboxylic acids is 3. The predicted octanol–water partition coefficient (Wildman–Crippen LogP) is 7.01. The summed E-state index contributed by atoms with van der Waals surface area (Å²) in [4.78, 5) is 39.3. The van der Waals surface area contributed by atoms with Gasteiger partial charge in [0.25, 0.3) is 11.8 Å². The Bertz CT molecular complexity index is 1550. The van der Waals surface area contributed by atoms with E-state index >= 15 is 0 Å². The summed E-state index contributed by atoms with van der Waals surface area (Å²) in [6.45, 7) is 1.72. The molecule has 0 aliphatic carbocycles. The van der Waals surface area contributed by atoms with Gasteiger partial charge < -0.3 is 16.0 Å². The Balaban J connectivity index is 1.43. The van der Waals surface area contributed by atoms with E-state index in [1.807, 2.05) is 0 Å². The number of hydrogen-bond donors (Lipinski definition) is 3. The van der Waals surface area contributed by atoms with E-state index in [1.165, 1.54) is 23.9 Å². The second kappa shape index (κ2) is 13.6. The van der Waals surface area contributed by atoms with Crippen LogP contribution >= 0.6 is 23.4 Å². The van der Waals surface area contributed by atoms with Gasteiger partial charge in [0.15, 0.2) is 0 Å². The van der Waals surface area contributed by atoms with Gasteiger partial charge in [0.1, 0.15) is 11.5 Å². The van der Waals surface area contributed by atoms with Crippen LogP contribution in [-0.4, -0.2) is 23.0 Å². The third kappa shape index (κ3) is 8.05. The Morgan fingerprint density at radius 2 is 1.55 bits per heavy atom. The van der Waals surface area contributed by atoms with E-state index in [0.29, 0.717) is 21.8 Å². The van der Waals surface area contributed by atoms with Gasteiger partial charge in [-0.1, -0.05) is 54.1 Å². The van der Waals surface area contributed by atoms with Crippen LogP contribution in [0.2, 0.25) is 5.02 Å². The largest absolute Gasteiger partial charge is 0.323 e. The number of nitrogens with one attached hydrogen (secondary N) is 3. The Kier molecular flexibility index (Phi) is 9.72. The fourth-order valence-electron chi connectivity index (χ4n) is 3.58. The van der Waals surface area contributed by atoms with E-state index in [2.05, 4.69) is 16.0 Å². The molecule has 0 aromatic heterocycles. The second-order valence-electron chi connectivity index (χ2n) is 8.64. The summed E-state index contributed by atoms with van der Waals surface area (Å²) in [5.74, 6) is -1.80. The lowest BCUT2D eigenvalue weighted by Gasteiger charge is -2.14. The van der Waals surface area contributed by atoms with Crippen molar-refractivity contribution >= 4 is 58.5 Å². The number of amides is 3. The highest BCUT2D eigenvalue weighted by atomic mass is 35.5. The van der Waals surface area contributed by atoms with Crippen LogP contribution in [0.1, 0.15) is 22.8 Å². The lowest BCUT2D eigenvalue weighted by Crippen LogP contribution is -2.30. The molecule has 0 fully saturated rings. The van der Waals surface area contributed by atoms with Gasteiger partial charge >= 0.3 is 0 Å². The van der Waals surface area contributed by atoms with E-state index in [-0.39, 0.29) is 17.3 Å². The minimum absolute atomic E-state index is 0.0352. The summed E-state index contributed by atoms with van der Waals surface area (Å²) in [5.41, 5.74) is 1.69. The van der Waals surface area contributed by atoms with Crippen molar-refractivity contribution in [3.63, 3.8) is 0 Å². The minimum Gasteiger partial charge on any atom is -0.323 e. The molecule has 4 rings (SSSR count). The highest BCUT2D eigenvalue weighted by Gasteiger charge is 2.17. The van der Waals surface area contributed by atoms with Crippen LogP contribution in [0.3, 0.4) is 0 Å². The van der Waals surface area contributed by atoms with Crippen molar-refractivity contribution in [2.24, 2.45) is 0 Å². The fraction of sp³-hybridized carbons (Fsp3) is 0.0645. The number of para-hydroxylation sites is 1. The molecule has 0 saturated carbocycles. The maximum Gasteiger partial charge on any atom is 0.272 e. The molecular weight excluding hydrogens is 549 g/mol. The number of halogens is 2. The Labute approximate surface area is 240 Å². The zero-order valence-electron chi connectivity index (χ0n) is 21.4. The Hall–Kier alpha value is -4.40. The topological polar surface area (TPSA) is 87.3 Å². The van der Waals surface area contributed by atoms with Crippen molar-refractivity contribution in [1.82, 2.24) is 5.32 Å². The van der Waals surface area contributed by atoms with Gasteiger partial charge in [-0.2, -0.15) is 0 Å². The smallest absolute Gasteiger partial charge is 0.272 e. The number of hydrogen-bond acceptors (Lipinski definition) is 4. The summed E-state index contributed by atoms with van der Waals surface area (Å²) in [5, 5.41) is 8.06. The van der Waals surface area contributed by atoms with Crippen LogP contribution in [0, 0.1) is 5.82 Å². The Morgan fingerprint density at radius 1 is 0.850 bits per heavy atom. The molecule has 0 aliphatic heterocycles. The van der Waals surface area contributed by atoms with E-state index < -0.39 is 22.9 Å². The van der Waals surface area contributed by atoms with Gasteiger partial charge in [-0.05, 0) is 79.2 Å². The van der Waals surface area contributed by atoms with Crippen LogP contribution in [0.5, 0.6) is 0 Å². The highest BCUT2D eigenvalue weighted by molar-refractivity contribution is 8.00. The molecule has 1 atom stereocenters. The SMILES string of the molecule is CC(Sc1ccc(NC(=O)/C(=C/c2cccc(Cl)c2)NC(=O)c2ccccc2)cc1)C(=O)Nc1ccccc1F. The first-order valence-electron chi connectivity index (χ1n) is 12.3. The van der Waals surface area contributed by atoms with Gasteiger partial charge in [0, 0.05) is 21.2 Å². The zero-order chi connectivity index (χ0) is 28.5. The lowest BCUT2D eigenvalue weighted by molar-refractivity contribution is -0.115. The number of benzene rings is 4. The van der Waals surface area contributed by atoms with Crippen LogP contribution in [-0.2, 0) is 9.59 Å². The summed E-state index contributed by atoms with van der Waals surface area (Å²) in [7, 11) is 0. The number of thioether (sulfide) groups is 1. The van der Waals surface area contributed by atoms with E-state index in [1.54, 1.807) is 104 Å². The molecule has 6 nitrogen and oxygen atoms in total. The molecule has 1 unspecified atom stereocenters. The van der Waals surface area contributed by atoms with Crippen LogP contribution < -0.4 is 16.0 Å². The third-order valence-corrected chi connectivity index (χ3v) is 6.96. The van der Waals surface area contributed by atoms with Crippen molar-refractivity contribution < 1.29 is 18.8 Å². The van der Waals surface area contributed by atoms with Gasteiger partial charge in [0.05, 0.1) is 10.9 Å². The molecule has 0 bridgehead atoms. The molecule has 0 radical (unpaired) electrons. The molecule has 4 aromatic carbocycles. The van der Waals surface area contributed by atoms with E-state index in [4.69, 9.17) is 11.6 Å². The summed E-state index contributed by atoms with van der Waals surface area (Å²) in [6.07, 6.45) is 1.54. The zero-order valence-corrected chi connectivity index (χ0v) is 22.9. The molecular formula is C31H25ClFN3O3S. The second-order valence-corrected chi connectivity index (χ2v) is 10.5. The predicted molar refractivity (Wildman–Crippen MR) is 159 cm³/mol. The maximum absolute atomic E-state index is 13.9. The van der Waals surface area contributed by atoms with Crippen LogP contribution in [0.15, 0.2) is 114 Å². The van der Waals surface area contributed by atoms with Crippen molar-refractivity contribution in [2.45, 2.75) is 17.1 Å². The first kappa shape index (κ1) is 28.6. The van der Waals surface area contributed by atoms with Gasteiger partial charge in [-0.3, -0.25) is 14.4 Å². The number of anilines is 2. The molecule has 4 aromatic rings. The number of carbonyl (C=O) groups is 3. The molecule has 0 aliphatic rings. The summed E-state index contributed by atoms with van der Waals surface area (Å²) < 4.78 is 13.9. The quantitative estimate of drug-likeness (QED) is 0.148. The third-order valence-electron chi connectivity index (χ3n) is 5.61. The van der Waals surface area contributed by atoms with Crippen molar-refractivity contribution in [3.8, 4) is 0 Å². The van der Waals surface area contributed by atoms with E-state index in [0.717, 1.165) is 4.90 Å². The first-order valence-corrected chi connectivity index (χ1v) is 13.5. The maximum atomic E-state index is 13.9. The molecule has 3 amide bonds. The first-order chi connectivity index (χ1) is 19.3. The average molecular weight is 574 g/mol. The monoisotopic (exact) mass is 573 g/mol. The minimum atomic E-state index is -0.526. The van der Waals surface area contributed by atoms with Crippen molar-refractivity contribution in [3.05, 3.63) is 131 Å². The van der Waals surface area contributed by atoms with Gasteiger partial charge in [0.2, 0.25) is 5.91 Å². The van der Waals surface area contributed by atoms with Crippen molar-refractivity contribution in [2.75, 3.05) is 10.6 Å². The van der Waals surface area contributed by atoms with Crippen LogP contribution in [0.25, 0.3) is 6.08 Å². The van der Waals surface area contributed by atoms with E-state index in [9.17, 15) is 18.8 Å². The molecule has 0 spiro atoms. The molecule has 0 heterocycles. The molecule has 9 heteroatoms. The van der Waals surface area contributed by atoms with Crippen molar-refractivity contribution in [1.29, 1.82) is 0 Å². The van der Waals surface area contributed by atoms with Crippen LogP contribution in [0.4, 0.5) is 15.8 Å². The molecule has 40 heavy (non-hydrogen) atoms. The lowest BCUT2D eigenvalue weighted by atomic mass is 10.1. The average Bonchev–Trinajstić information content (AvgIpc) is 2.95. The summed E-state index contributed by atoms with van der Waals surface area (Å²) >= 11 is 7.39. The van der Waals surface area contributed by atoms with Gasteiger partial charge in [-0.15, -0.1) is 11.8 Å².